The molecule has 1 aliphatic rings. The Morgan fingerprint density at radius 1 is 1.32 bits per heavy atom. The van der Waals surface area contributed by atoms with Crippen molar-refractivity contribution >= 4 is 34.6 Å². The summed E-state index contributed by atoms with van der Waals surface area (Å²) in [5, 5.41) is 2.61. The number of para-hydroxylation sites is 1. The average Bonchev–Trinajstić information content (AvgIpc) is 2.86. The molecule has 118 valence electrons. The lowest BCUT2D eigenvalue weighted by Gasteiger charge is -2.14. The van der Waals surface area contributed by atoms with Crippen LogP contribution in [0.5, 0.6) is 0 Å². The zero-order valence-electron chi connectivity index (χ0n) is 12.5. The number of carbonyl (C=O) groups is 3. The van der Waals surface area contributed by atoms with Crippen molar-refractivity contribution in [3.63, 3.8) is 0 Å². The standard InChI is InChI=1S/C15H18N2O4S/c1-10-4-3-5-11(2)14(10)16-12(18)9-21-13(19)8-17-6-7-22-15(17)20/h3-5H,6-9H2,1-2H3,(H,16,18). The fourth-order valence-electron chi connectivity index (χ4n) is 2.10. The minimum Gasteiger partial charge on any atom is -0.454 e. The van der Waals surface area contributed by atoms with Gasteiger partial charge in [0.2, 0.25) is 0 Å². The van der Waals surface area contributed by atoms with Crippen molar-refractivity contribution in [3.8, 4) is 0 Å². The van der Waals surface area contributed by atoms with Gasteiger partial charge in [0.1, 0.15) is 6.54 Å². The molecule has 0 unspecified atom stereocenters. The first-order valence-electron chi connectivity index (χ1n) is 6.91. The molecule has 1 aromatic rings. The zero-order chi connectivity index (χ0) is 16.1. The Morgan fingerprint density at radius 3 is 2.59 bits per heavy atom. The molecule has 6 nitrogen and oxygen atoms in total. The van der Waals surface area contributed by atoms with Crippen LogP contribution in [-0.4, -0.2) is 47.5 Å². The number of hydrogen-bond donors (Lipinski definition) is 1. The number of amides is 2. The van der Waals surface area contributed by atoms with Gasteiger partial charge in [-0.2, -0.15) is 0 Å². The van der Waals surface area contributed by atoms with Crippen LogP contribution in [0.1, 0.15) is 11.1 Å². The van der Waals surface area contributed by atoms with Crippen LogP contribution in [0.2, 0.25) is 0 Å². The first-order chi connectivity index (χ1) is 10.5. The Kier molecular flexibility index (Phi) is 5.43. The van der Waals surface area contributed by atoms with Gasteiger partial charge in [0.05, 0.1) is 0 Å². The van der Waals surface area contributed by atoms with Gasteiger partial charge in [0, 0.05) is 18.0 Å². The van der Waals surface area contributed by atoms with E-state index >= 15 is 0 Å². The van der Waals surface area contributed by atoms with E-state index in [0.29, 0.717) is 12.3 Å². The van der Waals surface area contributed by atoms with Crippen molar-refractivity contribution in [3.05, 3.63) is 29.3 Å². The fourth-order valence-corrected chi connectivity index (χ4v) is 2.93. The van der Waals surface area contributed by atoms with Gasteiger partial charge in [-0.25, -0.2) is 0 Å². The highest BCUT2D eigenvalue weighted by Crippen LogP contribution is 2.19. The molecular formula is C15H18N2O4S. The molecule has 0 saturated carbocycles. The molecule has 1 fully saturated rings. The van der Waals surface area contributed by atoms with Crippen molar-refractivity contribution in [2.75, 3.05) is 30.8 Å². The summed E-state index contributed by atoms with van der Waals surface area (Å²) in [5.41, 5.74) is 2.62. The number of benzene rings is 1. The molecule has 0 bridgehead atoms. The predicted molar refractivity (Wildman–Crippen MR) is 84.9 cm³/mol. The number of anilines is 1. The summed E-state index contributed by atoms with van der Waals surface area (Å²) in [7, 11) is 0. The Bertz CT molecular complexity index is 583. The summed E-state index contributed by atoms with van der Waals surface area (Å²) >= 11 is 1.18. The molecule has 0 aromatic heterocycles. The number of ether oxygens (including phenoxy) is 1. The van der Waals surface area contributed by atoms with Crippen molar-refractivity contribution in [1.82, 2.24) is 4.90 Å². The van der Waals surface area contributed by atoms with Gasteiger partial charge in [0.15, 0.2) is 6.61 Å². The molecular weight excluding hydrogens is 304 g/mol. The van der Waals surface area contributed by atoms with Gasteiger partial charge in [-0.15, -0.1) is 0 Å². The molecule has 7 heteroatoms. The third-order valence-electron chi connectivity index (χ3n) is 3.27. The summed E-state index contributed by atoms with van der Waals surface area (Å²) in [6, 6.07) is 5.70. The number of thioether (sulfide) groups is 1. The predicted octanol–water partition coefficient (Wildman–Crippen LogP) is 1.95. The highest BCUT2D eigenvalue weighted by molar-refractivity contribution is 8.13. The normalized spacial score (nSPS) is 14.1. The summed E-state index contributed by atoms with van der Waals surface area (Å²) in [4.78, 5) is 36.3. The van der Waals surface area contributed by atoms with Gasteiger partial charge in [0.25, 0.3) is 11.1 Å². The SMILES string of the molecule is Cc1cccc(C)c1NC(=O)COC(=O)CN1CCSC1=O. The molecule has 0 aliphatic carbocycles. The molecule has 0 atom stereocenters. The Morgan fingerprint density at radius 2 is 2.00 bits per heavy atom. The maximum absolute atomic E-state index is 11.8. The second-order valence-corrected chi connectivity index (χ2v) is 6.06. The largest absolute Gasteiger partial charge is 0.454 e. The van der Waals surface area contributed by atoms with Crippen molar-refractivity contribution in [2.45, 2.75) is 13.8 Å². The molecule has 2 rings (SSSR count). The number of aryl methyl sites for hydroxylation is 2. The Labute approximate surface area is 133 Å². The number of esters is 1. The van der Waals surface area contributed by atoms with Crippen LogP contribution in [0.3, 0.4) is 0 Å². The minimum absolute atomic E-state index is 0.109. The molecule has 1 N–H and O–H groups in total. The van der Waals surface area contributed by atoms with E-state index in [1.165, 1.54) is 16.7 Å². The number of nitrogens with zero attached hydrogens (tertiary/aromatic N) is 1. The summed E-state index contributed by atoms with van der Waals surface area (Å²) < 4.78 is 4.91. The van der Waals surface area contributed by atoms with Crippen LogP contribution < -0.4 is 5.32 Å². The highest BCUT2D eigenvalue weighted by atomic mass is 32.2. The zero-order valence-corrected chi connectivity index (χ0v) is 13.4. The van der Waals surface area contributed by atoms with Crippen molar-refractivity contribution in [2.24, 2.45) is 0 Å². The van der Waals surface area contributed by atoms with E-state index in [0.717, 1.165) is 16.8 Å². The van der Waals surface area contributed by atoms with E-state index in [9.17, 15) is 14.4 Å². The van der Waals surface area contributed by atoms with Crippen LogP contribution in [0.4, 0.5) is 10.5 Å². The van der Waals surface area contributed by atoms with Crippen LogP contribution in [0.25, 0.3) is 0 Å². The highest BCUT2D eigenvalue weighted by Gasteiger charge is 2.24. The topological polar surface area (TPSA) is 75.7 Å². The maximum Gasteiger partial charge on any atom is 0.326 e. The first kappa shape index (κ1) is 16.4. The molecule has 1 aromatic carbocycles. The van der Waals surface area contributed by atoms with E-state index in [-0.39, 0.29) is 18.4 Å². The second kappa shape index (κ2) is 7.31. The summed E-state index contributed by atoms with van der Waals surface area (Å²) in [6.45, 7) is 3.86. The average molecular weight is 322 g/mol. The lowest BCUT2D eigenvalue weighted by molar-refractivity contribution is -0.147. The number of nitrogens with one attached hydrogen (secondary N) is 1. The quantitative estimate of drug-likeness (QED) is 0.839. The van der Waals surface area contributed by atoms with Gasteiger partial charge in [-0.05, 0) is 25.0 Å². The maximum atomic E-state index is 11.8. The van der Waals surface area contributed by atoms with E-state index in [2.05, 4.69) is 5.32 Å². The monoisotopic (exact) mass is 322 g/mol. The van der Waals surface area contributed by atoms with E-state index in [4.69, 9.17) is 4.74 Å². The Balaban J connectivity index is 1.80. The first-order valence-corrected chi connectivity index (χ1v) is 7.89. The van der Waals surface area contributed by atoms with Crippen LogP contribution >= 0.6 is 11.8 Å². The van der Waals surface area contributed by atoms with Gasteiger partial charge in [-0.1, -0.05) is 30.0 Å². The summed E-state index contributed by atoms with van der Waals surface area (Å²) in [6.07, 6.45) is 0. The fraction of sp³-hybridized carbons (Fsp3) is 0.400. The number of carbonyl (C=O) groups excluding carboxylic acids is 3. The Hall–Kier alpha value is -2.02. The van der Waals surface area contributed by atoms with Crippen LogP contribution in [0.15, 0.2) is 18.2 Å². The van der Waals surface area contributed by atoms with Crippen LogP contribution in [0, 0.1) is 13.8 Å². The molecule has 2 amide bonds. The molecule has 1 saturated heterocycles. The van der Waals surface area contributed by atoms with E-state index in [1.807, 2.05) is 32.0 Å². The molecule has 22 heavy (non-hydrogen) atoms. The van der Waals surface area contributed by atoms with Crippen LogP contribution in [-0.2, 0) is 14.3 Å². The smallest absolute Gasteiger partial charge is 0.326 e. The van der Waals surface area contributed by atoms with Crippen molar-refractivity contribution in [1.29, 1.82) is 0 Å². The molecule has 0 spiro atoms. The van der Waals surface area contributed by atoms with Gasteiger partial charge >= 0.3 is 5.97 Å². The third-order valence-corrected chi connectivity index (χ3v) is 4.17. The lowest BCUT2D eigenvalue weighted by atomic mass is 10.1. The van der Waals surface area contributed by atoms with Gasteiger partial charge < -0.3 is 15.0 Å². The molecule has 1 heterocycles. The molecule has 1 aliphatic heterocycles. The lowest BCUT2D eigenvalue weighted by Crippen LogP contribution is -2.32. The second-order valence-electron chi connectivity index (χ2n) is 5.01. The number of rotatable bonds is 5. The van der Waals surface area contributed by atoms with Gasteiger partial charge in [-0.3, -0.25) is 14.4 Å². The number of hydrogen-bond acceptors (Lipinski definition) is 5. The molecule has 0 radical (unpaired) electrons. The summed E-state index contributed by atoms with van der Waals surface area (Å²) in [5.74, 6) is -0.292. The third kappa shape index (κ3) is 4.24. The van der Waals surface area contributed by atoms with E-state index in [1.54, 1.807) is 0 Å². The van der Waals surface area contributed by atoms with Crippen molar-refractivity contribution < 1.29 is 19.1 Å². The minimum atomic E-state index is -0.576. The van der Waals surface area contributed by atoms with E-state index < -0.39 is 11.9 Å².